The monoisotopic (exact) mass is 136 g/mol. The molecule has 56 valence electrons. The third-order valence-electron chi connectivity index (χ3n) is 3.15. The Morgan fingerprint density at radius 1 is 1.50 bits per heavy atom. The molecule has 10 heavy (non-hydrogen) atoms. The van der Waals surface area contributed by atoms with Gasteiger partial charge in [0.15, 0.2) is 0 Å². The van der Waals surface area contributed by atoms with E-state index < -0.39 is 0 Å². The van der Waals surface area contributed by atoms with Gasteiger partial charge >= 0.3 is 0 Å². The van der Waals surface area contributed by atoms with Crippen molar-refractivity contribution in [2.75, 3.05) is 0 Å². The van der Waals surface area contributed by atoms with Gasteiger partial charge in [-0.05, 0) is 43.4 Å². The van der Waals surface area contributed by atoms with E-state index in [-0.39, 0.29) is 0 Å². The maximum atomic E-state index is 2.48. The lowest BCUT2D eigenvalue weighted by atomic mass is 9.69. The third-order valence-corrected chi connectivity index (χ3v) is 3.15. The van der Waals surface area contributed by atoms with E-state index in [1.54, 1.807) is 0 Å². The standard InChI is InChI=1S/C10H16/c1-2-3-5-10-6-4-9(7-10)8-10/h3,5,9H,2,4,6-8H2,1H3/b5-3+. The topological polar surface area (TPSA) is 0 Å². The third kappa shape index (κ3) is 0.817. The molecule has 0 heteroatoms. The Bertz CT molecular complexity index is 144. The number of hydrogen-bond donors (Lipinski definition) is 0. The van der Waals surface area contributed by atoms with E-state index in [1.165, 1.54) is 32.1 Å². The Balaban J connectivity index is 1.98. The molecule has 0 spiro atoms. The van der Waals surface area contributed by atoms with Crippen molar-refractivity contribution in [2.24, 2.45) is 11.3 Å². The molecular weight excluding hydrogens is 120 g/mol. The molecule has 3 rings (SSSR count). The molecule has 0 radical (unpaired) electrons. The quantitative estimate of drug-likeness (QED) is 0.511. The average Bonchev–Trinajstić information content (AvgIpc) is 2.39. The summed E-state index contributed by atoms with van der Waals surface area (Å²) in [6, 6.07) is 0. The molecular formula is C10H16. The lowest BCUT2D eigenvalue weighted by Gasteiger charge is -2.35. The molecule has 2 bridgehead atoms. The molecule has 0 unspecified atom stereocenters. The lowest BCUT2D eigenvalue weighted by Crippen LogP contribution is -2.24. The van der Waals surface area contributed by atoms with Gasteiger partial charge < -0.3 is 0 Å². The van der Waals surface area contributed by atoms with Crippen LogP contribution < -0.4 is 0 Å². The van der Waals surface area contributed by atoms with Gasteiger partial charge in [0.25, 0.3) is 0 Å². The molecule has 0 aliphatic heterocycles. The number of allylic oxidation sites excluding steroid dienone is 2. The Morgan fingerprint density at radius 2 is 2.30 bits per heavy atom. The summed E-state index contributed by atoms with van der Waals surface area (Å²) < 4.78 is 0. The highest BCUT2D eigenvalue weighted by Crippen LogP contribution is 2.59. The molecule has 3 aliphatic rings. The minimum absolute atomic E-state index is 0.709. The molecule has 0 nitrogen and oxygen atoms in total. The fourth-order valence-corrected chi connectivity index (χ4v) is 2.58. The van der Waals surface area contributed by atoms with Gasteiger partial charge in [0, 0.05) is 0 Å². The summed E-state index contributed by atoms with van der Waals surface area (Å²) in [6.45, 7) is 2.22. The van der Waals surface area contributed by atoms with Gasteiger partial charge in [-0.3, -0.25) is 0 Å². The summed E-state index contributed by atoms with van der Waals surface area (Å²) in [7, 11) is 0. The Labute approximate surface area is 63.3 Å². The first kappa shape index (κ1) is 6.45. The van der Waals surface area contributed by atoms with Gasteiger partial charge in [-0.1, -0.05) is 19.1 Å². The van der Waals surface area contributed by atoms with Gasteiger partial charge in [-0.2, -0.15) is 0 Å². The van der Waals surface area contributed by atoms with E-state index in [0.717, 1.165) is 5.92 Å². The summed E-state index contributed by atoms with van der Waals surface area (Å²) in [5.41, 5.74) is 0.709. The van der Waals surface area contributed by atoms with Gasteiger partial charge in [-0.25, -0.2) is 0 Å². The van der Waals surface area contributed by atoms with E-state index in [9.17, 15) is 0 Å². The SMILES string of the molecule is CC/C=C/C12CCC(C1)C2. The summed E-state index contributed by atoms with van der Waals surface area (Å²) in [4.78, 5) is 0. The van der Waals surface area contributed by atoms with E-state index in [1.807, 2.05) is 0 Å². The molecule has 0 aromatic rings. The Morgan fingerprint density at radius 3 is 2.80 bits per heavy atom. The van der Waals surface area contributed by atoms with E-state index >= 15 is 0 Å². The van der Waals surface area contributed by atoms with Gasteiger partial charge in [-0.15, -0.1) is 0 Å². The van der Waals surface area contributed by atoms with Crippen molar-refractivity contribution in [3.05, 3.63) is 12.2 Å². The fraction of sp³-hybridized carbons (Fsp3) is 0.800. The van der Waals surface area contributed by atoms with Crippen molar-refractivity contribution >= 4 is 0 Å². The minimum Gasteiger partial charge on any atom is -0.0883 e. The fourth-order valence-electron chi connectivity index (χ4n) is 2.58. The maximum Gasteiger partial charge on any atom is -0.0113 e. The normalized spacial score (nSPS) is 44.3. The zero-order valence-corrected chi connectivity index (χ0v) is 6.77. The van der Waals surface area contributed by atoms with Crippen LogP contribution in [-0.2, 0) is 0 Å². The van der Waals surface area contributed by atoms with Crippen LogP contribution in [0.4, 0.5) is 0 Å². The molecule has 0 heterocycles. The van der Waals surface area contributed by atoms with Crippen molar-refractivity contribution < 1.29 is 0 Å². The summed E-state index contributed by atoms with van der Waals surface area (Å²) in [5.74, 6) is 1.11. The minimum atomic E-state index is 0.709. The first-order chi connectivity index (χ1) is 4.85. The molecule has 3 saturated carbocycles. The van der Waals surface area contributed by atoms with Crippen LogP contribution in [-0.4, -0.2) is 0 Å². The summed E-state index contributed by atoms with van der Waals surface area (Å²) in [6.07, 6.45) is 12.0. The molecule has 0 N–H and O–H groups in total. The zero-order valence-electron chi connectivity index (χ0n) is 6.77. The van der Waals surface area contributed by atoms with E-state index in [4.69, 9.17) is 0 Å². The smallest absolute Gasteiger partial charge is 0.0113 e. The van der Waals surface area contributed by atoms with Crippen LogP contribution in [0, 0.1) is 11.3 Å². The Kier molecular flexibility index (Phi) is 1.36. The molecule has 0 atom stereocenters. The van der Waals surface area contributed by atoms with Crippen molar-refractivity contribution in [1.29, 1.82) is 0 Å². The second kappa shape index (κ2) is 2.11. The highest BCUT2D eigenvalue weighted by molar-refractivity contribution is 5.12. The predicted molar refractivity (Wildman–Crippen MR) is 43.8 cm³/mol. The van der Waals surface area contributed by atoms with Gasteiger partial charge in [0.2, 0.25) is 0 Å². The summed E-state index contributed by atoms with van der Waals surface area (Å²) >= 11 is 0. The highest BCUT2D eigenvalue weighted by atomic mass is 14.5. The first-order valence-electron chi connectivity index (χ1n) is 4.52. The van der Waals surface area contributed by atoms with Crippen molar-refractivity contribution in [3.63, 3.8) is 0 Å². The predicted octanol–water partition coefficient (Wildman–Crippen LogP) is 3.14. The van der Waals surface area contributed by atoms with Crippen LogP contribution in [0.25, 0.3) is 0 Å². The molecule has 0 saturated heterocycles. The molecule has 0 amide bonds. The van der Waals surface area contributed by atoms with Crippen LogP contribution >= 0.6 is 0 Å². The van der Waals surface area contributed by atoms with Crippen molar-refractivity contribution in [1.82, 2.24) is 0 Å². The van der Waals surface area contributed by atoms with Crippen molar-refractivity contribution in [3.8, 4) is 0 Å². The van der Waals surface area contributed by atoms with Crippen LogP contribution in [0.1, 0.15) is 39.0 Å². The Hall–Kier alpha value is -0.260. The first-order valence-corrected chi connectivity index (χ1v) is 4.52. The lowest BCUT2D eigenvalue weighted by molar-refractivity contribution is 0.209. The molecule has 0 aromatic heterocycles. The van der Waals surface area contributed by atoms with E-state index in [0.29, 0.717) is 5.41 Å². The van der Waals surface area contributed by atoms with Gasteiger partial charge in [0.05, 0.1) is 0 Å². The number of fused-ring (bicyclic) bond motifs is 1. The van der Waals surface area contributed by atoms with E-state index in [2.05, 4.69) is 19.1 Å². The van der Waals surface area contributed by atoms with Crippen LogP contribution in [0.5, 0.6) is 0 Å². The molecule has 3 aliphatic carbocycles. The summed E-state index contributed by atoms with van der Waals surface area (Å²) in [5, 5.41) is 0. The average molecular weight is 136 g/mol. The largest absolute Gasteiger partial charge is 0.0883 e. The van der Waals surface area contributed by atoms with Crippen LogP contribution in [0.15, 0.2) is 12.2 Å². The van der Waals surface area contributed by atoms with Crippen molar-refractivity contribution in [2.45, 2.75) is 39.0 Å². The highest BCUT2D eigenvalue weighted by Gasteiger charge is 2.47. The molecule has 0 aromatic carbocycles. The maximum absolute atomic E-state index is 2.48. The number of rotatable bonds is 2. The zero-order chi connectivity index (χ0) is 7.03. The second-order valence-corrected chi connectivity index (χ2v) is 3.99. The van der Waals surface area contributed by atoms with Crippen LogP contribution in [0.3, 0.4) is 0 Å². The number of hydrogen-bond acceptors (Lipinski definition) is 0. The second-order valence-electron chi connectivity index (χ2n) is 3.99. The van der Waals surface area contributed by atoms with Gasteiger partial charge in [0.1, 0.15) is 0 Å². The van der Waals surface area contributed by atoms with Crippen LogP contribution in [0.2, 0.25) is 0 Å². The molecule has 3 fully saturated rings.